The van der Waals surface area contributed by atoms with E-state index in [1.807, 2.05) is 0 Å². The lowest BCUT2D eigenvalue weighted by molar-refractivity contribution is -0.137. The topological polar surface area (TPSA) is 52.0 Å². The number of rotatable bonds is 2. The minimum Gasteiger partial charge on any atom is -0.359 e. The van der Waals surface area contributed by atoms with Gasteiger partial charge in [0.2, 0.25) is 0 Å². The highest BCUT2D eigenvalue weighted by atomic mass is 19.4. The van der Waals surface area contributed by atoms with E-state index < -0.39 is 11.7 Å². The van der Waals surface area contributed by atoms with Gasteiger partial charge in [-0.15, -0.1) is 0 Å². The van der Waals surface area contributed by atoms with Crippen molar-refractivity contribution < 1.29 is 17.7 Å². The van der Waals surface area contributed by atoms with Crippen molar-refractivity contribution in [3.8, 4) is 11.3 Å². The Labute approximate surface area is 95.0 Å². The van der Waals surface area contributed by atoms with E-state index in [0.717, 1.165) is 6.07 Å². The van der Waals surface area contributed by atoms with Crippen LogP contribution in [0, 0.1) is 0 Å². The van der Waals surface area contributed by atoms with E-state index in [9.17, 15) is 13.2 Å². The van der Waals surface area contributed by atoms with Crippen molar-refractivity contribution >= 4 is 0 Å². The van der Waals surface area contributed by atoms with Gasteiger partial charge in [0.15, 0.2) is 5.76 Å². The Morgan fingerprint density at radius 3 is 2.53 bits per heavy atom. The molecule has 6 heteroatoms. The summed E-state index contributed by atoms with van der Waals surface area (Å²) in [4.78, 5) is 0. The van der Waals surface area contributed by atoms with Gasteiger partial charge < -0.3 is 10.3 Å². The average Bonchev–Trinajstić information content (AvgIpc) is 2.76. The van der Waals surface area contributed by atoms with E-state index in [1.165, 1.54) is 24.3 Å². The summed E-state index contributed by atoms with van der Waals surface area (Å²) in [6.07, 6.45) is -4.42. The van der Waals surface area contributed by atoms with E-state index in [-0.39, 0.29) is 17.8 Å². The minimum atomic E-state index is -4.42. The standard InChI is InChI=1S/C11H9F3N2O/c12-11(13,14)9-4-2-1-3-8(9)10-5-7(6-15)17-16-10/h1-5H,6,15H2. The number of alkyl halides is 3. The lowest BCUT2D eigenvalue weighted by atomic mass is 10.0. The highest BCUT2D eigenvalue weighted by Crippen LogP contribution is 2.36. The summed E-state index contributed by atoms with van der Waals surface area (Å²) in [7, 11) is 0. The van der Waals surface area contributed by atoms with Crippen LogP contribution >= 0.6 is 0 Å². The van der Waals surface area contributed by atoms with Gasteiger partial charge in [-0.2, -0.15) is 13.2 Å². The van der Waals surface area contributed by atoms with Gasteiger partial charge in [0.05, 0.1) is 12.1 Å². The monoisotopic (exact) mass is 242 g/mol. The molecule has 1 aromatic carbocycles. The van der Waals surface area contributed by atoms with E-state index in [2.05, 4.69) is 5.16 Å². The Bertz CT molecular complexity index is 519. The molecule has 17 heavy (non-hydrogen) atoms. The number of hydrogen-bond donors (Lipinski definition) is 1. The van der Waals surface area contributed by atoms with Crippen LogP contribution in [-0.4, -0.2) is 5.16 Å². The summed E-state index contributed by atoms with van der Waals surface area (Å²) in [6, 6.07) is 6.61. The predicted molar refractivity (Wildman–Crippen MR) is 54.8 cm³/mol. The van der Waals surface area contributed by atoms with Gasteiger partial charge in [0, 0.05) is 11.6 Å². The van der Waals surface area contributed by atoms with Crippen molar-refractivity contribution in [1.29, 1.82) is 0 Å². The van der Waals surface area contributed by atoms with Gasteiger partial charge >= 0.3 is 6.18 Å². The second-order valence-electron chi connectivity index (χ2n) is 3.43. The fraction of sp³-hybridized carbons (Fsp3) is 0.182. The van der Waals surface area contributed by atoms with Crippen LogP contribution < -0.4 is 5.73 Å². The van der Waals surface area contributed by atoms with Gasteiger partial charge in [-0.05, 0) is 6.07 Å². The SMILES string of the molecule is NCc1cc(-c2ccccc2C(F)(F)F)no1. The number of aromatic nitrogens is 1. The maximum atomic E-state index is 12.7. The van der Waals surface area contributed by atoms with Crippen LogP contribution in [0.4, 0.5) is 13.2 Å². The van der Waals surface area contributed by atoms with Crippen LogP contribution in [0.1, 0.15) is 11.3 Å². The zero-order valence-corrected chi connectivity index (χ0v) is 8.66. The van der Waals surface area contributed by atoms with Crippen LogP contribution in [0.3, 0.4) is 0 Å². The van der Waals surface area contributed by atoms with Crippen molar-refractivity contribution in [2.24, 2.45) is 5.73 Å². The van der Waals surface area contributed by atoms with E-state index in [0.29, 0.717) is 5.76 Å². The highest BCUT2D eigenvalue weighted by Gasteiger charge is 2.33. The summed E-state index contributed by atoms with van der Waals surface area (Å²) in [5.41, 5.74) is 4.70. The van der Waals surface area contributed by atoms with Gasteiger partial charge in [-0.3, -0.25) is 0 Å². The number of nitrogens with zero attached hydrogens (tertiary/aromatic N) is 1. The molecule has 0 aliphatic rings. The molecule has 0 radical (unpaired) electrons. The molecule has 0 spiro atoms. The maximum absolute atomic E-state index is 12.7. The molecule has 0 fully saturated rings. The molecule has 0 bridgehead atoms. The van der Waals surface area contributed by atoms with Crippen molar-refractivity contribution in [3.63, 3.8) is 0 Å². The largest absolute Gasteiger partial charge is 0.417 e. The molecule has 0 unspecified atom stereocenters. The van der Waals surface area contributed by atoms with E-state index >= 15 is 0 Å². The van der Waals surface area contributed by atoms with Gasteiger partial charge in [-0.25, -0.2) is 0 Å². The zero-order chi connectivity index (χ0) is 12.5. The molecule has 2 N–H and O–H groups in total. The average molecular weight is 242 g/mol. The third-order valence-electron chi connectivity index (χ3n) is 2.27. The molecule has 1 aromatic heterocycles. The zero-order valence-electron chi connectivity index (χ0n) is 8.66. The van der Waals surface area contributed by atoms with Crippen molar-refractivity contribution in [2.45, 2.75) is 12.7 Å². The summed E-state index contributed by atoms with van der Waals surface area (Å²) < 4.78 is 43.0. The number of benzene rings is 1. The number of halogens is 3. The summed E-state index contributed by atoms with van der Waals surface area (Å²) in [5.74, 6) is 0.344. The first-order valence-corrected chi connectivity index (χ1v) is 4.84. The second kappa shape index (κ2) is 4.21. The molecule has 0 saturated heterocycles. The van der Waals surface area contributed by atoms with Crippen molar-refractivity contribution in [3.05, 3.63) is 41.7 Å². The number of hydrogen-bond acceptors (Lipinski definition) is 3. The number of nitrogens with two attached hydrogens (primary N) is 1. The normalized spacial score (nSPS) is 11.8. The van der Waals surface area contributed by atoms with Crippen LogP contribution in [-0.2, 0) is 12.7 Å². The van der Waals surface area contributed by atoms with Crippen LogP contribution in [0.2, 0.25) is 0 Å². The lowest BCUT2D eigenvalue weighted by Crippen LogP contribution is -2.06. The fourth-order valence-corrected chi connectivity index (χ4v) is 1.49. The Balaban J connectivity index is 2.52. The lowest BCUT2D eigenvalue weighted by Gasteiger charge is -2.10. The molecular weight excluding hydrogens is 233 g/mol. The predicted octanol–water partition coefficient (Wildman–Crippen LogP) is 2.82. The molecule has 1 heterocycles. The van der Waals surface area contributed by atoms with Crippen LogP contribution in [0.5, 0.6) is 0 Å². The first-order valence-electron chi connectivity index (χ1n) is 4.84. The third kappa shape index (κ3) is 2.31. The van der Waals surface area contributed by atoms with Crippen molar-refractivity contribution in [1.82, 2.24) is 5.16 Å². The Hall–Kier alpha value is -1.82. The first kappa shape index (κ1) is 11.7. The molecule has 3 nitrogen and oxygen atoms in total. The summed E-state index contributed by atoms with van der Waals surface area (Å²) >= 11 is 0. The molecule has 0 aliphatic heterocycles. The molecule has 0 atom stereocenters. The van der Waals surface area contributed by atoms with Gasteiger partial charge in [0.25, 0.3) is 0 Å². The Kier molecular flexibility index (Phi) is 2.89. The van der Waals surface area contributed by atoms with Gasteiger partial charge in [-0.1, -0.05) is 23.4 Å². The van der Waals surface area contributed by atoms with Crippen LogP contribution in [0.15, 0.2) is 34.9 Å². The second-order valence-corrected chi connectivity index (χ2v) is 3.43. The Morgan fingerprint density at radius 1 is 1.24 bits per heavy atom. The summed E-state index contributed by atoms with van der Waals surface area (Å²) in [5, 5.41) is 3.58. The van der Waals surface area contributed by atoms with Crippen LogP contribution in [0.25, 0.3) is 11.3 Å². The Morgan fingerprint density at radius 2 is 1.94 bits per heavy atom. The van der Waals surface area contributed by atoms with E-state index in [1.54, 1.807) is 0 Å². The molecule has 90 valence electrons. The third-order valence-corrected chi connectivity index (χ3v) is 2.27. The molecule has 0 aliphatic carbocycles. The first-order chi connectivity index (χ1) is 8.02. The molecule has 0 amide bonds. The molecule has 0 saturated carbocycles. The van der Waals surface area contributed by atoms with Gasteiger partial charge in [0.1, 0.15) is 5.69 Å². The summed E-state index contributed by atoms with van der Waals surface area (Å²) in [6.45, 7) is 0.0984. The van der Waals surface area contributed by atoms with E-state index in [4.69, 9.17) is 10.3 Å². The highest BCUT2D eigenvalue weighted by molar-refractivity contribution is 5.64. The molecule has 2 aromatic rings. The quantitative estimate of drug-likeness (QED) is 0.880. The maximum Gasteiger partial charge on any atom is 0.417 e. The molecular formula is C11H9F3N2O. The smallest absolute Gasteiger partial charge is 0.359 e. The molecule has 2 rings (SSSR count). The minimum absolute atomic E-state index is 0.0107. The fourth-order valence-electron chi connectivity index (χ4n) is 1.49. The van der Waals surface area contributed by atoms with Crippen molar-refractivity contribution in [2.75, 3.05) is 0 Å².